The second-order valence-electron chi connectivity index (χ2n) is 7.69. The summed E-state index contributed by atoms with van der Waals surface area (Å²) in [6.45, 7) is 1.17. The molecule has 2 N–H and O–H groups in total. The maximum absolute atomic E-state index is 13.1. The molecule has 0 spiro atoms. The van der Waals surface area contributed by atoms with Crippen LogP contribution in [0.2, 0.25) is 0 Å². The number of rotatable bonds is 9. The molecule has 2 aromatic carbocycles. The fraction of sp³-hybridized carbons (Fsp3) is 0.348. The molecule has 0 saturated carbocycles. The predicted molar refractivity (Wildman–Crippen MR) is 116 cm³/mol. The molecule has 2 aromatic rings. The first-order valence-electron chi connectivity index (χ1n) is 10.2. The molecule has 1 heterocycles. The molecule has 164 valence electrons. The van der Waals surface area contributed by atoms with Crippen molar-refractivity contribution in [1.82, 2.24) is 15.5 Å². The number of carbonyl (C=O) groups excluding carboxylic acids is 2. The van der Waals surface area contributed by atoms with Crippen LogP contribution in [0.4, 0.5) is 4.39 Å². The zero-order valence-electron chi connectivity index (χ0n) is 17.7. The Morgan fingerprint density at radius 1 is 1.16 bits per heavy atom. The van der Waals surface area contributed by atoms with Crippen LogP contribution in [0.1, 0.15) is 17.5 Å². The minimum Gasteiger partial charge on any atom is -0.382 e. The van der Waals surface area contributed by atoms with Crippen LogP contribution in [-0.4, -0.2) is 61.8 Å². The van der Waals surface area contributed by atoms with Crippen molar-refractivity contribution in [3.63, 3.8) is 0 Å². The number of halogens is 1. The number of amides is 2. The summed E-state index contributed by atoms with van der Waals surface area (Å²) < 4.78 is 13.1. The first kappa shape index (κ1) is 22.4. The van der Waals surface area contributed by atoms with E-state index in [0.717, 1.165) is 5.56 Å². The quantitative estimate of drug-likeness (QED) is 0.640. The van der Waals surface area contributed by atoms with Gasteiger partial charge in [0.2, 0.25) is 12.0 Å². The van der Waals surface area contributed by atoms with Gasteiger partial charge in [0.1, 0.15) is 11.9 Å². The van der Waals surface area contributed by atoms with E-state index in [1.165, 1.54) is 12.1 Å². The normalized spacial score (nSPS) is 16.4. The van der Waals surface area contributed by atoms with E-state index in [1.807, 2.05) is 49.3 Å². The van der Waals surface area contributed by atoms with Gasteiger partial charge in [-0.1, -0.05) is 47.6 Å². The fourth-order valence-corrected chi connectivity index (χ4v) is 3.18. The average molecular weight is 426 g/mol. The third kappa shape index (κ3) is 6.62. The Bertz CT molecular complexity index is 916. The number of nitrogens with zero attached hydrogens (tertiary/aromatic N) is 2. The van der Waals surface area contributed by atoms with Crippen LogP contribution < -0.4 is 10.6 Å². The van der Waals surface area contributed by atoms with Gasteiger partial charge >= 0.3 is 0 Å². The van der Waals surface area contributed by atoms with Crippen molar-refractivity contribution >= 4 is 17.5 Å². The second kappa shape index (κ2) is 10.7. The molecule has 0 radical (unpaired) electrons. The summed E-state index contributed by atoms with van der Waals surface area (Å²) in [5.41, 5.74) is 2.19. The zero-order valence-corrected chi connectivity index (χ0v) is 17.7. The molecule has 1 aliphatic rings. The van der Waals surface area contributed by atoms with Crippen molar-refractivity contribution in [1.29, 1.82) is 0 Å². The van der Waals surface area contributed by atoms with E-state index < -0.39 is 18.1 Å². The molecule has 0 aromatic heterocycles. The lowest BCUT2D eigenvalue weighted by Gasteiger charge is -2.20. The zero-order chi connectivity index (χ0) is 22.2. The van der Waals surface area contributed by atoms with Crippen molar-refractivity contribution in [2.45, 2.75) is 25.0 Å². The maximum Gasteiger partial charge on any atom is 0.265 e. The van der Waals surface area contributed by atoms with E-state index >= 15 is 0 Å². The molecule has 31 heavy (non-hydrogen) atoms. The Kier molecular flexibility index (Phi) is 7.72. The number of oxime groups is 1. The summed E-state index contributed by atoms with van der Waals surface area (Å²) in [6, 6.07) is 14.6. The van der Waals surface area contributed by atoms with Gasteiger partial charge in [0, 0.05) is 25.9 Å². The van der Waals surface area contributed by atoms with Crippen LogP contribution in [0.5, 0.6) is 0 Å². The third-order valence-electron chi connectivity index (χ3n) is 4.91. The SMILES string of the molecule is CN(C)CCNC(=O)[C@@H](Cc1ccccc1)NC(=O)[C@H]1CC(c2ccc(F)cc2)=NO1. The summed E-state index contributed by atoms with van der Waals surface area (Å²) in [5.74, 6) is -1.01. The van der Waals surface area contributed by atoms with Crippen LogP contribution in [-0.2, 0) is 20.8 Å². The minimum absolute atomic E-state index is 0.248. The molecule has 0 bridgehead atoms. The van der Waals surface area contributed by atoms with Gasteiger partial charge in [-0.25, -0.2) is 4.39 Å². The van der Waals surface area contributed by atoms with Crippen LogP contribution in [0.15, 0.2) is 59.8 Å². The van der Waals surface area contributed by atoms with Crippen molar-refractivity contribution in [2.75, 3.05) is 27.2 Å². The monoisotopic (exact) mass is 426 g/mol. The number of nitrogens with one attached hydrogen (secondary N) is 2. The number of hydrogen-bond acceptors (Lipinski definition) is 5. The van der Waals surface area contributed by atoms with E-state index in [9.17, 15) is 14.0 Å². The van der Waals surface area contributed by atoms with E-state index in [4.69, 9.17) is 4.84 Å². The standard InChI is InChI=1S/C23H27FN4O3/c1-28(2)13-12-25-22(29)20(14-16-6-4-3-5-7-16)26-23(30)21-15-19(27-31-21)17-8-10-18(24)11-9-17/h3-11,20-21H,12-15H2,1-2H3,(H,25,29)(H,26,30)/t20-,21-/m1/s1. The number of likely N-dealkylation sites (N-methyl/N-ethyl adjacent to an activating group) is 1. The van der Waals surface area contributed by atoms with Gasteiger partial charge in [-0.05, 0) is 37.4 Å². The first-order valence-corrected chi connectivity index (χ1v) is 10.2. The van der Waals surface area contributed by atoms with Gasteiger partial charge < -0.3 is 20.4 Å². The number of hydrogen-bond donors (Lipinski definition) is 2. The lowest BCUT2D eigenvalue weighted by molar-refractivity contribution is -0.135. The minimum atomic E-state index is -0.840. The van der Waals surface area contributed by atoms with E-state index in [0.29, 0.717) is 30.8 Å². The van der Waals surface area contributed by atoms with Gasteiger partial charge in [0.15, 0.2) is 0 Å². The largest absolute Gasteiger partial charge is 0.382 e. The Morgan fingerprint density at radius 2 is 1.87 bits per heavy atom. The Balaban J connectivity index is 1.62. The molecular weight excluding hydrogens is 399 g/mol. The summed E-state index contributed by atoms with van der Waals surface area (Å²) in [6.07, 6.45) is -0.232. The predicted octanol–water partition coefficient (Wildman–Crippen LogP) is 1.72. The summed E-state index contributed by atoms with van der Waals surface area (Å²) in [7, 11) is 3.84. The maximum atomic E-state index is 13.1. The average Bonchev–Trinajstić information content (AvgIpc) is 3.24. The highest BCUT2D eigenvalue weighted by atomic mass is 19.1. The van der Waals surface area contributed by atoms with Crippen LogP contribution in [0.25, 0.3) is 0 Å². The highest BCUT2D eigenvalue weighted by molar-refractivity contribution is 6.04. The summed E-state index contributed by atoms with van der Waals surface area (Å²) >= 11 is 0. The molecular formula is C23H27FN4O3. The second-order valence-corrected chi connectivity index (χ2v) is 7.69. The van der Waals surface area contributed by atoms with Crippen LogP contribution >= 0.6 is 0 Å². The van der Waals surface area contributed by atoms with E-state index in [-0.39, 0.29) is 18.1 Å². The van der Waals surface area contributed by atoms with E-state index in [1.54, 1.807) is 12.1 Å². The molecule has 8 heteroatoms. The molecule has 2 atom stereocenters. The lowest BCUT2D eigenvalue weighted by Crippen LogP contribution is -2.51. The summed E-state index contributed by atoms with van der Waals surface area (Å²) in [4.78, 5) is 32.8. The summed E-state index contributed by atoms with van der Waals surface area (Å²) in [5, 5.41) is 9.64. The van der Waals surface area contributed by atoms with E-state index in [2.05, 4.69) is 15.8 Å². The Morgan fingerprint density at radius 3 is 2.55 bits per heavy atom. The smallest absolute Gasteiger partial charge is 0.265 e. The molecule has 0 unspecified atom stereocenters. The Hall–Kier alpha value is -3.26. The molecule has 3 rings (SSSR count). The van der Waals surface area contributed by atoms with Crippen LogP contribution in [0, 0.1) is 5.82 Å². The number of benzene rings is 2. The topological polar surface area (TPSA) is 83.0 Å². The van der Waals surface area contributed by atoms with Gasteiger partial charge in [0.05, 0.1) is 5.71 Å². The van der Waals surface area contributed by atoms with Gasteiger partial charge in [-0.15, -0.1) is 0 Å². The molecule has 0 fully saturated rings. The van der Waals surface area contributed by atoms with Gasteiger partial charge in [-0.3, -0.25) is 9.59 Å². The van der Waals surface area contributed by atoms with Crippen molar-refractivity contribution in [2.24, 2.45) is 5.16 Å². The van der Waals surface area contributed by atoms with Crippen molar-refractivity contribution in [3.05, 3.63) is 71.5 Å². The molecule has 0 saturated heterocycles. The molecule has 0 aliphatic carbocycles. The third-order valence-corrected chi connectivity index (χ3v) is 4.91. The number of carbonyl (C=O) groups is 2. The first-order chi connectivity index (χ1) is 14.9. The molecule has 1 aliphatic heterocycles. The van der Waals surface area contributed by atoms with Crippen LogP contribution in [0.3, 0.4) is 0 Å². The highest BCUT2D eigenvalue weighted by Crippen LogP contribution is 2.17. The molecule has 7 nitrogen and oxygen atoms in total. The molecule has 2 amide bonds. The lowest BCUT2D eigenvalue weighted by atomic mass is 10.0. The highest BCUT2D eigenvalue weighted by Gasteiger charge is 2.32. The Labute approximate surface area is 181 Å². The van der Waals surface area contributed by atoms with Crippen molar-refractivity contribution in [3.8, 4) is 0 Å². The van der Waals surface area contributed by atoms with Gasteiger partial charge in [-0.2, -0.15) is 0 Å². The van der Waals surface area contributed by atoms with Gasteiger partial charge in [0.25, 0.3) is 5.91 Å². The van der Waals surface area contributed by atoms with Crippen molar-refractivity contribution < 1.29 is 18.8 Å². The fourth-order valence-electron chi connectivity index (χ4n) is 3.18.